The number of primary amides is 1. The molecule has 0 aliphatic carbocycles. The lowest BCUT2D eigenvalue weighted by molar-refractivity contribution is -0.121. The minimum Gasteiger partial charge on any atom is -0.392 e. The van der Waals surface area contributed by atoms with Gasteiger partial charge in [0, 0.05) is 18.7 Å². The Labute approximate surface area is 116 Å². The maximum absolute atomic E-state index is 11.5. The molecule has 0 atom stereocenters. The van der Waals surface area contributed by atoms with Gasteiger partial charge in [-0.15, -0.1) is 0 Å². The fourth-order valence-electron chi connectivity index (χ4n) is 1.39. The van der Waals surface area contributed by atoms with Crippen LogP contribution in [0.1, 0.15) is 17.5 Å². The van der Waals surface area contributed by atoms with E-state index in [9.17, 15) is 9.59 Å². The van der Waals surface area contributed by atoms with Gasteiger partial charge in [-0.2, -0.15) is 11.8 Å². The van der Waals surface area contributed by atoms with E-state index in [0.29, 0.717) is 18.7 Å². The first-order chi connectivity index (χ1) is 9.11. The zero-order chi connectivity index (χ0) is 14.1. The first-order valence-electron chi connectivity index (χ1n) is 5.93. The quantitative estimate of drug-likeness (QED) is 0.602. The summed E-state index contributed by atoms with van der Waals surface area (Å²) in [6, 6.07) is 7.38. The van der Waals surface area contributed by atoms with Crippen LogP contribution in [-0.2, 0) is 22.7 Å². The molecule has 0 fully saturated rings. The van der Waals surface area contributed by atoms with Crippen molar-refractivity contribution in [2.24, 2.45) is 5.73 Å². The molecule has 0 saturated carbocycles. The maximum atomic E-state index is 11.5. The molecule has 0 radical (unpaired) electrons. The highest BCUT2D eigenvalue weighted by atomic mass is 32.2. The summed E-state index contributed by atoms with van der Waals surface area (Å²) in [6.07, 6.45) is 0.368. The number of aliphatic hydroxyl groups excluding tert-OH is 1. The van der Waals surface area contributed by atoms with E-state index in [-0.39, 0.29) is 24.2 Å². The van der Waals surface area contributed by atoms with Gasteiger partial charge in [0.1, 0.15) is 0 Å². The lowest BCUT2D eigenvalue weighted by atomic mass is 10.1. The minimum atomic E-state index is -0.366. The van der Waals surface area contributed by atoms with Gasteiger partial charge < -0.3 is 16.2 Å². The second-order valence-electron chi connectivity index (χ2n) is 4.02. The normalized spacial score (nSPS) is 10.2. The van der Waals surface area contributed by atoms with E-state index < -0.39 is 0 Å². The predicted molar refractivity (Wildman–Crippen MR) is 75.3 cm³/mol. The van der Waals surface area contributed by atoms with Gasteiger partial charge in [-0.3, -0.25) is 9.59 Å². The Hall–Kier alpha value is -1.53. The van der Waals surface area contributed by atoms with E-state index in [2.05, 4.69) is 5.32 Å². The molecule has 4 N–H and O–H groups in total. The van der Waals surface area contributed by atoms with Crippen LogP contribution < -0.4 is 11.1 Å². The lowest BCUT2D eigenvalue weighted by Gasteiger charge is -2.05. The molecule has 19 heavy (non-hydrogen) atoms. The molecule has 2 amide bonds. The van der Waals surface area contributed by atoms with Crippen molar-refractivity contribution >= 4 is 23.6 Å². The zero-order valence-electron chi connectivity index (χ0n) is 10.6. The predicted octanol–water partition coefficient (Wildman–Crippen LogP) is 0.404. The third-order valence-corrected chi connectivity index (χ3v) is 3.39. The monoisotopic (exact) mass is 282 g/mol. The van der Waals surface area contributed by atoms with Crippen molar-refractivity contribution in [1.82, 2.24) is 5.32 Å². The molecule has 1 rings (SSSR count). The number of hydrogen-bond donors (Lipinski definition) is 3. The summed E-state index contributed by atoms with van der Waals surface area (Å²) in [5.74, 6) is 0.409. The van der Waals surface area contributed by atoms with Crippen molar-refractivity contribution in [3.63, 3.8) is 0 Å². The van der Waals surface area contributed by atoms with Gasteiger partial charge in [-0.05, 0) is 11.1 Å². The van der Waals surface area contributed by atoms with Gasteiger partial charge in [-0.1, -0.05) is 24.3 Å². The van der Waals surface area contributed by atoms with Crippen molar-refractivity contribution in [2.45, 2.75) is 19.6 Å². The van der Waals surface area contributed by atoms with Gasteiger partial charge >= 0.3 is 0 Å². The largest absolute Gasteiger partial charge is 0.392 e. The fraction of sp³-hybridized carbons (Fsp3) is 0.385. The van der Waals surface area contributed by atoms with Gasteiger partial charge in [0.15, 0.2) is 0 Å². The number of hydrogen-bond acceptors (Lipinski definition) is 4. The summed E-state index contributed by atoms with van der Waals surface area (Å²) in [6.45, 7) is 0.481. The number of nitrogens with one attached hydrogen (secondary N) is 1. The standard InChI is InChI=1S/C13H18N2O3S/c14-12(17)9-19-6-5-13(18)15-7-10-1-3-11(8-16)4-2-10/h1-4,16H,5-9H2,(H2,14,17)(H,15,18). The molecule has 0 heterocycles. The molecule has 0 aliphatic rings. The highest BCUT2D eigenvalue weighted by Gasteiger charge is 2.02. The van der Waals surface area contributed by atoms with E-state index in [0.717, 1.165) is 11.1 Å². The fourth-order valence-corrected chi connectivity index (χ4v) is 2.06. The molecule has 1 aromatic carbocycles. The van der Waals surface area contributed by atoms with E-state index in [4.69, 9.17) is 10.8 Å². The Morgan fingerprint density at radius 1 is 1.21 bits per heavy atom. The van der Waals surface area contributed by atoms with Crippen LogP contribution >= 0.6 is 11.8 Å². The van der Waals surface area contributed by atoms with Crippen molar-refractivity contribution in [1.29, 1.82) is 0 Å². The SMILES string of the molecule is NC(=O)CSCCC(=O)NCc1ccc(CO)cc1. The molecular formula is C13H18N2O3S. The summed E-state index contributed by atoms with van der Waals surface area (Å²) >= 11 is 1.35. The van der Waals surface area contributed by atoms with E-state index in [1.54, 1.807) is 0 Å². The Morgan fingerprint density at radius 3 is 2.42 bits per heavy atom. The molecule has 0 saturated heterocycles. The average Bonchev–Trinajstić information content (AvgIpc) is 2.41. The van der Waals surface area contributed by atoms with Crippen LogP contribution in [0.5, 0.6) is 0 Å². The average molecular weight is 282 g/mol. The molecule has 1 aromatic rings. The van der Waals surface area contributed by atoms with Gasteiger partial charge in [0.05, 0.1) is 12.4 Å². The first-order valence-corrected chi connectivity index (χ1v) is 7.08. The summed E-state index contributed by atoms with van der Waals surface area (Å²) < 4.78 is 0. The molecule has 0 spiro atoms. The first kappa shape index (κ1) is 15.5. The number of nitrogens with two attached hydrogens (primary N) is 1. The number of amides is 2. The van der Waals surface area contributed by atoms with Crippen LogP contribution in [0, 0.1) is 0 Å². The van der Waals surface area contributed by atoms with Gasteiger partial charge in [-0.25, -0.2) is 0 Å². The number of carbonyl (C=O) groups excluding carboxylic acids is 2. The summed E-state index contributed by atoms with van der Waals surface area (Å²) in [7, 11) is 0. The van der Waals surface area contributed by atoms with Crippen molar-refractivity contribution in [3.05, 3.63) is 35.4 Å². The Morgan fingerprint density at radius 2 is 1.84 bits per heavy atom. The zero-order valence-corrected chi connectivity index (χ0v) is 11.4. The van der Waals surface area contributed by atoms with Gasteiger partial charge in [0.25, 0.3) is 0 Å². The molecule has 6 heteroatoms. The lowest BCUT2D eigenvalue weighted by Crippen LogP contribution is -2.23. The smallest absolute Gasteiger partial charge is 0.227 e. The van der Waals surface area contributed by atoms with E-state index >= 15 is 0 Å². The number of aliphatic hydroxyl groups is 1. The van der Waals surface area contributed by atoms with Crippen molar-refractivity contribution in [3.8, 4) is 0 Å². The van der Waals surface area contributed by atoms with Crippen LogP contribution in [0.4, 0.5) is 0 Å². The number of rotatable bonds is 8. The highest BCUT2D eigenvalue weighted by molar-refractivity contribution is 7.99. The summed E-state index contributed by atoms with van der Waals surface area (Å²) in [5.41, 5.74) is 6.82. The summed E-state index contributed by atoms with van der Waals surface area (Å²) in [5, 5.41) is 11.7. The number of carbonyl (C=O) groups is 2. The van der Waals surface area contributed by atoms with Gasteiger partial charge in [0.2, 0.25) is 11.8 Å². The Kier molecular flexibility index (Phi) is 6.99. The van der Waals surface area contributed by atoms with Crippen LogP contribution in [0.2, 0.25) is 0 Å². The van der Waals surface area contributed by atoms with Crippen LogP contribution in [0.15, 0.2) is 24.3 Å². The van der Waals surface area contributed by atoms with E-state index in [1.165, 1.54) is 11.8 Å². The molecule has 0 unspecified atom stereocenters. The Bertz CT molecular complexity index is 420. The molecule has 0 aliphatic heterocycles. The van der Waals surface area contributed by atoms with Crippen LogP contribution in [0.25, 0.3) is 0 Å². The third kappa shape index (κ3) is 6.83. The highest BCUT2D eigenvalue weighted by Crippen LogP contribution is 2.05. The topological polar surface area (TPSA) is 92.4 Å². The van der Waals surface area contributed by atoms with Crippen LogP contribution in [0.3, 0.4) is 0 Å². The second-order valence-corrected chi connectivity index (χ2v) is 5.13. The molecule has 0 aromatic heterocycles. The Balaban J connectivity index is 2.20. The second kappa shape index (κ2) is 8.55. The van der Waals surface area contributed by atoms with Crippen molar-refractivity contribution < 1.29 is 14.7 Å². The summed E-state index contributed by atoms with van der Waals surface area (Å²) in [4.78, 5) is 22.0. The number of thioether (sulfide) groups is 1. The maximum Gasteiger partial charge on any atom is 0.227 e. The molecule has 104 valence electrons. The molecule has 0 bridgehead atoms. The van der Waals surface area contributed by atoms with E-state index in [1.807, 2.05) is 24.3 Å². The number of benzene rings is 1. The van der Waals surface area contributed by atoms with Crippen molar-refractivity contribution in [2.75, 3.05) is 11.5 Å². The molecular weight excluding hydrogens is 264 g/mol. The third-order valence-electron chi connectivity index (χ3n) is 2.41. The minimum absolute atomic E-state index is 0.0176. The van der Waals surface area contributed by atoms with Crippen LogP contribution in [-0.4, -0.2) is 28.4 Å². The molecule has 5 nitrogen and oxygen atoms in total.